The van der Waals surface area contributed by atoms with E-state index < -0.39 is 0 Å². The van der Waals surface area contributed by atoms with E-state index in [1.54, 1.807) is 0 Å². The van der Waals surface area contributed by atoms with Crippen LogP contribution in [0.2, 0.25) is 0 Å². The fraction of sp³-hybridized carbons (Fsp3) is 0.0714. The minimum Gasteiger partial charge on any atom is -0.456 e. The van der Waals surface area contributed by atoms with Crippen LogP contribution < -0.4 is 0 Å². The van der Waals surface area contributed by atoms with Gasteiger partial charge in [0, 0.05) is 15.2 Å². The molecule has 0 N–H and O–H groups in total. The van der Waals surface area contributed by atoms with Crippen molar-refractivity contribution in [3.8, 4) is 0 Å². The van der Waals surface area contributed by atoms with Gasteiger partial charge in [0.15, 0.2) is 0 Å². The summed E-state index contributed by atoms with van der Waals surface area (Å²) in [6.45, 7) is 0. The zero-order chi connectivity index (χ0) is 12.7. The first-order chi connectivity index (χ1) is 8.69. The van der Waals surface area contributed by atoms with E-state index in [2.05, 4.69) is 31.9 Å². The Morgan fingerprint density at radius 1 is 1.06 bits per heavy atom. The largest absolute Gasteiger partial charge is 0.456 e. The molecule has 1 unspecified atom stereocenters. The molecule has 0 aliphatic rings. The van der Waals surface area contributed by atoms with E-state index in [1.807, 2.05) is 36.4 Å². The molecular weight excluding hydrogens is 360 g/mol. The van der Waals surface area contributed by atoms with Crippen molar-refractivity contribution in [2.75, 3.05) is 0 Å². The lowest BCUT2D eigenvalue weighted by molar-refractivity contribution is -0.107. The number of alkyl halides is 1. The Labute approximate surface area is 120 Å². The van der Waals surface area contributed by atoms with Crippen molar-refractivity contribution in [1.82, 2.24) is 0 Å². The van der Waals surface area contributed by atoms with Gasteiger partial charge in [-0.2, -0.15) is 0 Å². The van der Waals surface area contributed by atoms with Gasteiger partial charge in [0.25, 0.3) is 0 Å². The van der Waals surface area contributed by atoms with E-state index >= 15 is 0 Å². The molecule has 0 saturated carbocycles. The predicted octanol–water partition coefficient (Wildman–Crippen LogP) is 4.98. The molecule has 1 heterocycles. The fourth-order valence-electron chi connectivity index (χ4n) is 2.02. The number of carbonyl (C=O) groups is 1. The molecule has 0 amide bonds. The molecule has 0 aliphatic carbocycles. The lowest BCUT2D eigenvalue weighted by Crippen LogP contribution is -1.89. The summed E-state index contributed by atoms with van der Waals surface area (Å²) >= 11 is 6.73. The molecule has 1 atom stereocenters. The third kappa shape index (κ3) is 1.89. The second kappa shape index (κ2) is 4.52. The third-order valence-corrected chi connectivity index (χ3v) is 4.14. The number of hydrogen-bond acceptors (Lipinski definition) is 2. The summed E-state index contributed by atoms with van der Waals surface area (Å²) < 4.78 is 6.79. The van der Waals surface area contributed by atoms with Crippen molar-refractivity contribution in [2.45, 2.75) is 4.83 Å². The van der Waals surface area contributed by atoms with Gasteiger partial charge in [0.1, 0.15) is 17.5 Å². The van der Waals surface area contributed by atoms with E-state index in [9.17, 15) is 4.79 Å². The van der Waals surface area contributed by atoms with Crippen LogP contribution in [0.5, 0.6) is 0 Å². The van der Waals surface area contributed by atoms with Gasteiger partial charge in [-0.05, 0) is 29.8 Å². The van der Waals surface area contributed by atoms with E-state index in [-0.39, 0.29) is 4.83 Å². The summed E-state index contributed by atoms with van der Waals surface area (Å²) in [6.07, 6.45) is 0.862. The Hall–Kier alpha value is -1.13. The average molecular weight is 368 g/mol. The second-order valence-electron chi connectivity index (χ2n) is 4.04. The predicted molar refractivity (Wildman–Crippen MR) is 79.2 cm³/mol. The normalized spacial score (nSPS) is 13.0. The topological polar surface area (TPSA) is 30.2 Å². The van der Waals surface area contributed by atoms with Crippen molar-refractivity contribution in [2.24, 2.45) is 0 Å². The Bertz CT molecular complexity index is 746. The molecule has 2 nitrogen and oxygen atoms in total. The van der Waals surface area contributed by atoms with Crippen LogP contribution in [0.25, 0.3) is 21.9 Å². The molecule has 3 rings (SSSR count). The zero-order valence-corrected chi connectivity index (χ0v) is 12.4. The van der Waals surface area contributed by atoms with Crippen LogP contribution in [0.1, 0.15) is 10.4 Å². The SMILES string of the molecule is O=CC(Br)c1ccc2c(c1)oc1cc(Br)ccc12. The quantitative estimate of drug-likeness (QED) is 0.472. The minimum atomic E-state index is -0.290. The van der Waals surface area contributed by atoms with Crippen LogP contribution in [0.3, 0.4) is 0 Å². The first-order valence-corrected chi connectivity index (χ1v) is 7.11. The van der Waals surface area contributed by atoms with Crippen LogP contribution in [0, 0.1) is 0 Å². The maximum Gasteiger partial charge on any atom is 0.138 e. The van der Waals surface area contributed by atoms with Crippen LogP contribution in [-0.4, -0.2) is 6.29 Å². The van der Waals surface area contributed by atoms with Crippen molar-refractivity contribution >= 4 is 60.1 Å². The maximum absolute atomic E-state index is 10.8. The van der Waals surface area contributed by atoms with Gasteiger partial charge >= 0.3 is 0 Å². The summed E-state index contributed by atoms with van der Waals surface area (Å²) in [7, 11) is 0. The van der Waals surface area contributed by atoms with Crippen molar-refractivity contribution in [1.29, 1.82) is 0 Å². The number of hydrogen-bond donors (Lipinski definition) is 0. The van der Waals surface area contributed by atoms with Gasteiger partial charge in [-0.25, -0.2) is 0 Å². The molecule has 0 radical (unpaired) electrons. The van der Waals surface area contributed by atoms with Crippen LogP contribution in [-0.2, 0) is 4.79 Å². The summed E-state index contributed by atoms with van der Waals surface area (Å²) in [5.74, 6) is 0. The van der Waals surface area contributed by atoms with Gasteiger partial charge in [0.05, 0.1) is 4.83 Å². The van der Waals surface area contributed by atoms with Crippen molar-refractivity contribution in [3.63, 3.8) is 0 Å². The molecule has 18 heavy (non-hydrogen) atoms. The molecule has 1 aromatic heterocycles. The molecular formula is C14H8Br2O2. The highest BCUT2D eigenvalue weighted by molar-refractivity contribution is 9.10. The van der Waals surface area contributed by atoms with Crippen LogP contribution in [0.4, 0.5) is 0 Å². The highest BCUT2D eigenvalue weighted by Crippen LogP contribution is 2.33. The Balaban J connectivity index is 2.29. The number of fused-ring (bicyclic) bond motifs is 3. The standard InChI is InChI=1S/C14H8Br2O2/c15-9-2-4-11-10-3-1-8(12(16)7-17)5-13(10)18-14(11)6-9/h1-7,12H. The third-order valence-electron chi connectivity index (χ3n) is 2.90. The first kappa shape index (κ1) is 11.9. The van der Waals surface area contributed by atoms with Gasteiger partial charge < -0.3 is 9.21 Å². The highest BCUT2D eigenvalue weighted by atomic mass is 79.9. The van der Waals surface area contributed by atoms with E-state index in [4.69, 9.17) is 4.42 Å². The Morgan fingerprint density at radius 2 is 1.72 bits per heavy atom. The lowest BCUT2D eigenvalue weighted by atomic mass is 10.1. The van der Waals surface area contributed by atoms with Gasteiger partial charge in [-0.3, -0.25) is 0 Å². The van der Waals surface area contributed by atoms with Crippen molar-refractivity contribution < 1.29 is 9.21 Å². The first-order valence-electron chi connectivity index (χ1n) is 5.40. The molecule has 0 bridgehead atoms. The summed E-state index contributed by atoms with van der Waals surface area (Å²) in [4.78, 5) is 10.5. The number of carbonyl (C=O) groups excluding carboxylic acids is 1. The molecule has 3 aromatic rings. The van der Waals surface area contributed by atoms with E-state index in [0.29, 0.717) is 0 Å². The van der Waals surface area contributed by atoms with Gasteiger partial charge in [-0.1, -0.05) is 44.0 Å². The summed E-state index contributed by atoms with van der Waals surface area (Å²) in [6, 6.07) is 11.8. The number of benzene rings is 2. The molecule has 0 aliphatic heterocycles. The maximum atomic E-state index is 10.8. The number of halogens is 2. The Kier molecular flexibility index (Phi) is 2.99. The minimum absolute atomic E-state index is 0.290. The molecule has 0 saturated heterocycles. The number of furan rings is 1. The number of rotatable bonds is 2. The fourth-order valence-corrected chi connectivity index (χ4v) is 2.64. The molecule has 4 heteroatoms. The van der Waals surface area contributed by atoms with Crippen LogP contribution >= 0.6 is 31.9 Å². The van der Waals surface area contributed by atoms with Gasteiger partial charge in [0.2, 0.25) is 0 Å². The summed E-state index contributed by atoms with van der Waals surface area (Å²) in [5.41, 5.74) is 2.54. The second-order valence-corrected chi connectivity index (χ2v) is 5.94. The van der Waals surface area contributed by atoms with E-state index in [1.165, 1.54) is 0 Å². The molecule has 2 aromatic carbocycles. The number of aldehydes is 1. The van der Waals surface area contributed by atoms with Crippen LogP contribution in [0.15, 0.2) is 45.3 Å². The van der Waals surface area contributed by atoms with Crippen molar-refractivity contribution in [3.05, 3.63) is 46.4 Å². The molecule has 90 valence electrons. The molecule has 0 spiro atoms. The zero-order valence-electron chi connectivity index (χ0n) is 9.19. The average Bonchev–Trinajstić information content (AvgIpc) is 2.73. The highest BCUT2D eigenvalue weighted by Gasteiger charge is 2.11. The Morgan fingerprint density at radius 3 is 2.44 bits per heavy atom. The monoisotopic (exact) mass is 366 g/mol. The van der Waals surface area contributed by atoms with E-state index in [0.717, 1.165) is 38.3 Å². The smallest absolute Gasteiger partial charge is 0.138 e. The lowest BCUT2D eigenvalue weighted by Gasteiger charge is -2.00. The summed E-state index contributed by atoms with van der Waals surface area (Å²) in [5, 5.41) is 2.14. The van der Waals surface area contributed by atoms with Gasteiger partial charge in [-0.15, -0.1) is 0 Å². The molecule has 0 fully saturated rings.